The Hall–Kier alpha value is -0.570. The van der Waals surface area contributed by atoms with E-state index in [0.717, 1.165) is 0 Å². The molecule has 1 rings (SSSR count). The molecule has 10 heavy (non-hydrogen) atoms. The largest absolute Gasteiger partial charge is 0.481 e. The molecule has 1 saturated heterocycles. The van der Waals surface area contributed by atoms with Gasteiger partial charge in [0, 0.05) is 6.61 Å². The molecule has 0 amide bonds. The van der Waals surface area contributed by atoms with Gasteiger partial charge in [0.15, 0.2) is 0 Å². The smallest absolute Gasteiger partial charge is 0.312 e. The Bertz CT molecular complexity index is 136. The highest BCUT2D eigenvalue weighted by atomic mass is 16.5. The maximum absolute atomic E-state index is 10.7. The first-order chi connectivity index (χ1) is 4.71. The van der Waals surface area contributed by atoms with Gasteiger partial charge >= 0.3 is 5.97 Å². The topological polar surface area (TPSA) is 46.5 Å². The first-order valence-electron chi connectivity index (χ1n) is 3.52. The van der Waals surface area contributed by atoms with Crippen LogP contribution in [0.5, 0.6) is 0 Å². The SMILES string of the molecule is CC[C@]1(C(=O)O)CCOC1. The van der Waals surface area contributed by atoms with Gasteiger partial charge in [-0.05, 0) is 12.8 Å². The normalized spacial score (nSPS) is 32.5. The number of aliphatic carboxylic acids is 1. The summed E-state index contributed by atoms with van der Waals surface area (Å²) in [5.74, 6) is -0.715. The molecule has 1 N–H and O–H groups in total. The predicted molar refractivity (Wildman–Crippen MR) is 35.8 cm³/mol. The molecule has 1 heterocycles. The Kier molecular flexibility index (Phi) is 1.94. The summed E-state index contributed by atoms with van der Waals surface area (Å²) in [6.45, 7) is 2.88. The lowest BCUT2D eigenvalue weighted by Crippen LogP contribution is -2.30. The number of rotatable bonds is 2. The van der Waals surface area contributed by atoms with Gasteiger partial charge in [-0.15, -0.1) is 0 Å². The quantitative estimate of drug-likeness (QED) is 0.626. The van der Waals surface area contributed by atoms with Crippen molar-refractivity contribution < 1.29 is 14.6 Å². The number of hydrogen-bond acceptors (Lipinski definition) is 2. The fourth-order valence-corrected chi connectivity index (χ4v) is 1.21. The van der Waals surface area contributed by atoms with Crippen molar-refractivity contribution in [3.05, 3.63) is 0 Å². The number of carbonyl (C=O) groups is 1. The van der Waals surface area contributed by atoms with Crippen LogP contribution in [-0.4, -0.2) is 24.3 Å². The molecule has 0 unspecified atom stereocenters. The van der Waals surface area contributed by atoms with Gasteiger partial charge in [0.1, 0.15) is 0 Å². The molecule has 0 aromatic carbocycles. The van der Waals surface area contributed by atoms with Crippen molar-refractivity contribution in [2.75, 3.05) is 13.2 Å². The number of ether oxygens (including phenoxy) is 1. The highest BCUT2D eigenvalue weighted by Crippen LogP contribution is 2.31. The molecule has 0 bridgehead atoms. The molecule has 0 radical (unpaired) electrons. The van der Waals surface area contributed by atoms with E-state index >= 15 is 0 Å². The number of carboxylic acids is 1. The summed E-state index contributed by atoms with van der Waals surface area (Å²) in [5.41, 5.74) is -0.569. The Morgan fingerprint density at radius 3 is 2.70 bits per heavy atom. The summed E-state index contributed by atoms with van der Waals surface area (Å²) in [7, 11) is 0. The van der Waals surface area contributed by atoms with Crippen molar-refractivity contribution >= 4 is 5.97 Å². The van der Waals surface area contributed by atoms with Crippen molar-refractivity contribution in [2.45, 2.75) is 19.8 Å². The van der Waals surface area contributed by atoms with Crippen molar-refractivity contribution in [3.63, 3.8) is 0 Å². The van der Waals surface area contributed by atoms with Gasteiger partial charge in [0.05, 0.1) is 12.0 Å². The summed E-state index contributed by atoms with van der Waals surface area (Å²) >= 11 is 0. The zero-order valence-corrected chi connectivity index (χ0v) is 6.09. The third kappa shape index (κ3) is 1.01. The minimum absolute atomic E-state index is 0.388. The van der Waals surface area contributed by atoms with Crippen LogP contribution >= 0.6 is 0 Å². The van der Waals surface area contributed by atoms with Gasteiger partial charge in [-0.1, -0.05) is 6.92 Å². The molecule has 0 saturated carbocycles. The third-order valence-corrected chi connectivity index (χ3v) is 2.23. The third-order valence-electron chi connectivity index (χ3n) is 2.23. The van der Waals surface area contributed by atoms with Crippen LogP contribution in [-0.2, 0) is 9.53 Å². The Morgan fingerprint density at radius 1 is 1.80 bits per heavy atom. The molecular weight excluding hydrogens is 132 g/mol. The molecule has 0 spiro atoms. The van der Waals surface area contributed by atoms with E-state index in [0.29, 0.717) is 26.1 Å². The van der Waals surface area contributed by atoms with Crippen LogP contribution in [0, 0.1) is 5.41 Å². The second-order valence-electron chi connectivity index (χ2n) is 2.74. The van der Waals surface area contributed by atoms with Gasteiger partial charge in [-0.3, -0.25) is 4.79 Å². The lowest BCUT2D eigenvalue weighted by molar-refractivity contribution is -0.149. The molecule has 0 aliphatic carbocycles. The molecule has 0 aromatic heterocycles. The fraction of sp³-hybridized carbons (Fsp3) is 0.857. The summed E-state index contributed by atoms with van der Waals surface area (Å²) in [6, 6.07) is 0. The first-order valence-corrected chi connectivity index (χ1v) is 3.52. The molecule has 1 aliphatic heterocycles. The lowest BCUT2D eigenvalue weighted by Gasteiger charge is -2.18. The summed E-state index contributed by atoms with van der Waals surface area (Å²) in [5, 5.41) is 8.78. The monoisotopic (exact) mass is 144 g/mol. The number of hydrogen-bond donors (Lipinski definition) is 1. The summed E-state index contributed by atoms with van der Waals surface area (Å²) < 4.78 is 5.03. The minimum Gasteiger partial charge on any atom is -0.481 e. The van der Waals surface area contributed by atoms with Crippen LogP contribution in [0.3, 0.4) is 0 Å². The van der Waals surface area contributed by atoms with E-state index in [9.17, 15) is 4.79 Å². The van der Waals surface area contributed by atoms with Crippen molar-refractivity contribution in [1.82, 2.24) is 0 Å². The molecule has 3 heteroatoms. The van der Waals surface area contributed by atoms with E-state index < -0.39 is 11.4 Å². The van der Waals surface area contributed by atoms with Crippen LogP contribution in [0.2, 0.25) is 0 Å². The molecular formula is C7H12O3. The Morgan fingerprint density at radius 2 is 2.50 bits per heavy atom. The highest BCUT2D eigenvalue weighted by Gasteiger charge is 2.40. The van der Waals surface area contributed by atoms with Crippen LogP contribution < -0.4 is 0 Å². The van der Waals surface area contributed by atoms with Crippen LogP contribution in [0.1, 0.15) is 19.8 Å². The van der Waals surface area contributed by atoms with E-state index in [4.69, 9.17) is 9.84 Å². The average Bonchev–Trinajstić information content (AvgIpc) is 2.35. The standard InChI is InChI=1S/C7H12O3/c1-2-7(6(8)9)3-4-10-5-7/h2-5H2,1H3,(H,8,9)/t7-/m0/s1. The second-order valence-corrected chi connectivity index (χ2v) is 2.74. The summed E-state index contributed by atoms with van der Waals surface area (Å²) in [6.07, 6.45) is 1.33. The summed E-state index contributed by atoms with van der Waals surface area (Å²) in [4.78, 5) is 10.7. The van der Waals surface area contributed by atoms with E-state index in [1.54, 1.807) is 0 Å². The van der Waals surface area contributed by atoms with E-state index in [2.05, 4.69) is 0 Å². The van der Waals surface area contributed by atoms with E-state index in [1.807, 2.05) is 6.92 Å². The zero-order valence-electron chi connectivity index (χ0n) is 6.09. The average molecular weight is 144 g/mol. The minimum atomic E-state index is -0.715. The Balaban J connectivity index is 2.67. The molecule has 0 aromatic rings. The van der Waals surface area contributed by atoms with Crippen molar-refractivity contribution in [3.8, 4) is 0 Å². The van der Waals surface area contributed by atoms with E-state index in [1.165, 1.54) is 0 Å². The van der Waals surface area contributed by atoms with E-state index in [-0.39, 0.29) is 0 Å². The van der Waals surface area contributed by atoms with Gasteiger partial charge in [0.2, 0.25) is 0 Å². The van der Waals surface area contributed by atoms with Gasteiger partial charge in [0.25, 0.3) is 0 Å². The van der Waals surface area contributed by atoms with Gasteiger partial charge in [-0.25, -0.2) is 0 Å². The fourth-order valence-electron chi connectivity index (χ4n) is 1.21. The van der Waals surface area contributed by atoms with Crippen molar-refractivity contribution in [2.24, 2.45) is 5.41 Å². The van der Waals surface area contributed by atoms with Crippen molar-refractivity contribution in [1.29, 1.82) is 0 Å². The first kappa shape index (κ1) is 7.54. The van der Waals surface area contributed by atoms with Crippen LogP contribution in [0.15, 0.2) is 0 Å². The Labute approximate surface area is 60.0 Å². The lowest BCUT2D eigenvalue weighted by atomic mass is 9.85. The van der Waals surface area contributed by atoms with Crippen LogP contribution in [0.4, 0.5) is 0 Å². The molecule has 58 valence electrons. The molecule has 1 fully saturated rings. The number of carboxylic acid groups (broad SMARTS) is 1. The molecule has 1 atom stereocenters. The predicted octanol–water partition coefficient (Wildman–Crippen LogP) is 0.888. The molecule has 1 aliphatic rings. The maximum atomic E-state index is 10.7. The van der Waals surface area contributed by atoms with Gasteiger partial charge in [-0.2, -0.15) is 0 Å². The molecule has 3 nitrogen and oxygen atoms in total. The van der Waals surface area contributed by atoms with Gasteiger partial charge < -0.3 is 9.84 Å². The zero-order chi connectivity index (χ0) is 7.61. The van der Waals surface area contributed by atoms with Crippen LogP contribution in [0.25, 0.3) is 0 Å². The highest BCUT2D eigenvalue weighted by molar-refractivity contribution is 5.75. The second kappa shape index (κ2) is 2.58. The maximum Gasteiger partial charge on any atom is 0.312 e.